The van der Waals surface area contributed by atoms with Gasteiger partial charge in [0, 0.05) is 35.5 Å². The molecule has 0 saturated heterocycles. The Morgan fingerprint density at radius 3 is 2.61 bits per heavy atom. The normalized spacial score (nSPS) is 18.5. The Hall–Kier alpha value is -2.70. The molecule has 2 aliphatic heterocycles. The monoisotopic (exact) mass is 436 g/mol. The maximum absolute atomic E-state index is 11.1. The van der Waals surface area contributed by atoms with Gasteiger partial charge in [0.15, 0.2) is 0 Å². The Kier molecular flexibility index (Phi) is 5.86. The Morgan fingerprint density at radius 2 is 1.84 bits per heavy atom. The van der Waals surface area contributed by atoms with Crippen molar-refractivity contribution >= 4 is 27.2 Å². The van der Waals surface area contributed by atoms with E-state index in [0.717, 1.165) is 23.5 Å². The number of fused-ring (bicyclic) bond motifs is 2. The predicted molar refractivity (Wildman–Crippen MR) is 127 cm³/mol. The van der Waals surface area contributed by atoms with E-state index < -0.39 is 10.1 Å². The highest BCUT2D eigenvalue weighted by Crippen LogP contribution is 2.47. The van der Waals surface area contributed by atoms with E-state index in [4.69, 9.17) is 9.55 Å². The topological polar surface area (TPSA) is 70.0 Å². The van der Waals surface area contributed by atoms with Crippen LogP contribution in [-0.2, 0) is 22.0 Å². The minimum Gasteiger partial charge on any atom is -0.344 e. The quantitative estimate of drug-likeness (QED) is 0.477. The highest BCUT2D eigenvalue weighted by Gasteiger charge is 2.39. The molecule has 5 nitrogen and oxygen atoms in total. The van der Waals surface area contributed by atoms with Gasteiger partial charge in [0.05, 0.1) is 11.4 Å². The molecule has 2 aromatic rings. The van der Waals surface area contributed by atoms with E-state index in [1.54, 1.807) is 0 Å². The first-order chi connectivity index (χ1) is 14.8. The van der Waals surface area contributed by atoms with Gasteiger partial charge >= 0.3 is 0 Å². The average molecular weight is 437 g/mol. The van der Waals surface area contributed by atoms with Crippen molar-refractivity contribution in [2.24, 2.45) is 4.99 Å². The number of rotatable bonds is 7. The summed E-state index contributed by atoms with van der Waals surface area (Å²) < 4.78 is 31.1. The molecule has 31 heavy (non-hydrogen) atoms. The molecule has 0 amide bonds. The minimum absolute atomic E-state index is 0.162. The maximum Gasteiger partial charge on any atom is 0.264 e. The van der Waals surface area contributed by atoms with Gasteiger partial charge in [-0.05, 0) is 48.3 Å². The zero-order chi connectivity index (χ0) is 22.1. The third kappa shape index (κ3) is 4.65. The number of anilines is 1. The average Bonchev–Trinajstić information content (AvgIpc) is 3.22. The van der Waals surface area contributed by atoms with Crippen LogP contribution in [0.5, 0.6) is 0 Å². The molecule has 0 radical (unpaired) electrons. The number of nitrogens with zero attached hydrogens (tertiary/aromatic N) is 2. The van der Waals surface area contributed by atoms with Gasteiger partial charge in [0.2, 0.25) is 0 Å². The van der Waals surface area contributed by atoms with Gasteiger partial charge in [0.25, 0.3) is 10.1 Å². The molecule has 4 rings (SSSR count). The van der Waals surface area contributed by atoms with Crippen LogP contribution in [0.4, 0.5) is 11.4 Å². The summed E-state index contributed by atoms with van der Waals surface area (Å²) in [5, 5.41) is 0. The number of hydrogen-bond acceptors (Lipinski definition) is 4. The van der Waals surface area contributed by atoms with E-state index in [0.29, 0.717) is 19.4 Å². The highest BCUT2D eigenvalue weighted by atomic mass is 32.2. The molecule has 1 N–H and O–H groups in total. The Balaban J connectivity index is 1.55. The van der Waals surface area contributed by atoms with Crippen LogP contribution < -0.4 is 4.90 Å². The molecule has 2 heterocycles. The molecule has 2 aliphatic rings. The molecule has 0 atom stereocenters. The molecular weight excluding hydrogens is 408 g/mol. The van der Waals surface area contributed by atoms with Crippen molar-refractivity contribution in [3.8, 4) is 0 Å². The first-order valence-electron chi connectivity index (χ1n) is 10.6. The van der Waals surface area contributed by atoms with Gasteiger partial charge in [0.1, 0.15) is 0 Å². The zero-order valence-electron chi connectivity index (χ0n) is 18.0. The van der Waals surface area contributed by atoms with Crippen molar-refractivity contribution in [3.05, 3.63) is 83.6 Å². The molecular formula is C25H28N2O3S. The first-order valence-corrected chi connectivity index (χ1v) is 12.2. The van der Waals surface area contributed by atoms with E-state index in [1.807, 2.05) is 24.3 Å². The van der Waals surface area contributed by atoms with Crippen LogP contribution in [0.15, 0.2) is 77.4 Å². The van der Waals surface area contributed by atoms with Crippen LogP contribution in [0, 0.1) is 0 Å². The van der Waals surface area contributed by atoms with E-state index in [1.165, 1.54) is 16.8 Å². The molecule has 0 bridgehead atoms. The SMILES string of the molecule is CC1(C)/C(=C/C=C/C2=Nc3ccccc3C2)N(CCCCS(=O)(=O)O)c2ccccc21. The molecule has 6 heteroatoms. The number of aliphatic imine (C=N–C) groups is 1. The molecule has 0 unspecified atom stereocenters. The fourth-order valence-corrected chi connectivity index (χ4v) is 5.01. The van der Waals surface area contributed by atoms with Gasteiger partial charge in [-0.25, -0.2) is 0 Å². The highest BCUT2D eigenvalue weighted by molar-refractivity contribution is 7.85. The van der Waals surface area contributed by atoms with Crippen LogP contribution in [-0.4, -0.2) is 31.0 Å². The standard InChI is InChI=1S/C25H28N2O3S/c1-25(2)21-12-4-6-14-23(21)27(16-7-8-17-31(28,29)30)24(25)15-9-11-20-18-19-10-3-5-13-22(19)26-20/h3-6,9-15H,7-8,16-18H2,1-2H3,(H,28,29,30)/b11-9+,24-15-. The zero-order valence-corrected chi connectivity index (χ0v) is 18.8. The van der Waals surface area contributed by atoms with Crippen molar-refractivity contribution in [3.63, 3.8) is 0 Å². The van der Waals surface area contributed by atoms with E-state index in [2.05, 4.69) is 61.2 Å². The number of unbranched alkanes of at least 4 members (excludes halogenated alkanes) is 1. The Bertz CT molecular complexity index is 1180. The predicted octanol–water partition coefficient (Wildman–Crippen LogP) is 5.22. The second kappa shape index (κ2) is 8.44. The lowest BCUT2D eigenvalue weighted by Crippen LogP contribution is -2.27. The number of para-hydroxylation sites is 2. The van der Waals surface area contributed by atoms with Crippen molar-refractivity contribution in [1.82, 2.24) is 0 Å². The van der Waals surface area contributed by atoms with Crippen LogP contribution >= 0.6 is 0 Å². The van der Waals surface area contributed by atoms with Crippen LogP contribution in [0.25, 0.3) is 0 Å². The molecule has 2 aromatic carbocycles. The van der Waals surface area contributed by atoms with Gasteiger partial charge in [-0.2, -0.15) is 8.42 Å². The van der Waals surface area contributed by atoms with Gasteiger partial charge < -0.3 is 4.90 Å². The largest absolute Gasteiger partial charge is 0.344 e. The number of benzene rings is 2. The van der Waals surface area contributed by atoms with Gasteiger partial charge in [-0.15, -0.1) is 0 Å². The molecule has 0 saturated carbocycles. The van der Waals surface area contributed by atoms with Gasteiger partial charge in [-0.3, -0.25) is 9.55 Å². The van der Waals surface area contributed by atoms with E-state index >= 15 is 0 Å². The molecule has 0 aliphatic carbocycles. The summed E-state index contributed by atoms with van der Waals surface area (Å²) >= 11 is 0. The van der Waals surface area contributed by atoms with Crippen molar-refractivity contribution in [1.29, 1.82) is 0 Å². The smallest absolute Gasteiger partial charge is 0.264 e. The second-order valence-electron chi connectivity index (χ2n) is 8.61. The minimum atomic E-state index is -3.92. The van der Waals surface area contributed by atoms with E-state index in [9.17, 15) is 8.42 Å². The second-order valence-corrected chi connectivity index (χ2v) is 10.2. The summed E-state index contributed by atoms with van der Waals surface area (Å²) in [6, 6.07) is 16.6. The third-order valence-electron chi connectivity index (χ3n) is 6.00. The summed E-state index contributed by atoms with van der Waals surface area (Å²) in [5.74, 6) is -0.203. The fraction of sp³-hybridized carbons (Fsp3) is 0.320. The molecule has 0 spiro atoms. The maximum atomic E-state index is 11.1. The lowest BCUT2D eigenvalue weighted by molar-refractivity contribution is 0.480. The summed E-state index contributed by atoms with van der Waals surface area (Å²) in [6.45, 7) is 5.13. The van der Waals surface area contributed by atoms with Crippen molar-refractivity contribution in [2.75, 3.05) is 17.2 Å². The molecule has 0 aromatic heterocycles. The van der Waals surface area contributed by atoms with Crippen LogP contribution in [0.3, 0.4) is 0 Å². The summed E-state index contributed by atoms with van der Waals surface area (Å²) in [5.41, 5.74) is 6.77. The lowest BCUT2D eigenvalue weighted by Gasteiger charge is -2.27. The van der Waals surface area contributed by atoms with E-state index in [-0.39, 0.29) is 11.2 Å². The van der Waals surface area contributed by atoms with Gasteiger partial charge in [-0.1, -0.05) is 56.3 Å². The summed E-state index contributed by atoms with van der Waals surface area (Å²) in [7, 11) is -3.92. The summed E-state index contributed by atoms with van der Waals surface area (Å²) in [6.07, 6.45) is 8.23. The van der Waals surface area contributed by atoms with Crippen LogP contribution in [0.2, 0.25) is 0 Å². The number of hydrogen-bond donors (Lipinski definition) is 1. The first kappa shape index (κ1) is 21.5. The van der Waals surface area contributed by atoms with Crippen LogP contribution in [0.1, 0.15) is 37.8 Å². The molecule has 0 fully saturated rings. The summed E-state index contributed by atoms with van der Waals surface area (Å²) in [4.78, 5) is 6.97. The van der Waals surface area contributed by atoms with Crippen molar-refractivity contribution in [2.45, 2.75) is 38.5 Å². The Morgan fingerprint density at radius 1 is 1.10 bits per heavy atom. The Labute approximate surface area is 184 Å². The lowest BCUT2D eigenvalue weighted by atomic mass is 9.83. The fourth-order valence-electron chi connectivity index (χ4n) is 4.44. The third-order valence-corrected chi connectivity index (χ3v) is 6.81. The number of allylic oxidation sites excluding steroid dienone is 4. The molecule has 162 valence electrons. The van der Waals surface area contributed by atoms with Crippen molar-refractivity contribution < 1.29 is 13.0 Å².